The van der Waals surface area contributed by atoms with Crippen molar-refractivity contribution in [2.24, 2.45) is 5.92 Å². The molecule has 2 amide bonds. The maximum Gasteiger partial charge on any atom is 0.264 e. The highest BCUT2D eigenvalue weighted by Gasteiger charge is 2.35. The van der Waals surface area contributed by atoms with E-state index in [4.69, 9.17) is 23.2 Å². The van der Waals surface area contributed by atoms with Crippen molar-refractivity contribution in [2.75, 3.05) is 17.4 Å². The second-order valence-electron chi connectivity index (χ2n) is 12.2. The summed E-state index contributed by atoms with van der Waals surface area (Å²) in [5.74, 6) is -0.783. The first kappa shape index (κ1) is 36.0. The number of carbonyl (C=O) groups excluding carboxylic acids is 2. The minimum absolute atomic E-state index is 0.0491. The molecule has 0 aliphatic heterocycles. The smallest absolute Gasteiger partial charge is 0.264 e. The van der Waals surface area contributed by atoms with Crippen molar-refractivity contribution in [2.45, 2.75) is 58.5 Å². The lowest BCUT2D eigenvalue weighted by molar-refractivity contribution is -0.140. The van der Waals surface area contributed by atoms with Crippen molar-refractivity contribution in [3.63, 3.8) is 0 Å². The Morgan fingerprint density at radius 2 is 1.43 bits per heavy atom. The van der Waals surface area contributed by atoms with E-state index in [2.05, 4.69) is 5.32 Å². The molecule has 0 unspecified atom stereocenters. The number of halogens is 2. The largest absolute Gasteiger partial charge is 0.354 e. The molecule has 0 fully saturated rings. The number of nitrogens with zero attached hydrogens (tertiary/aromatic N) is 2. The molecule has 4 aromatic rings. The summed E-state index contributed by atoms with van der Waals surface area (Å²) in [5, 5.41) is 3.64. The first-order valence-corrected chi connectivity index (χ1v) is 17.7. The van der Waals surface area contributed by atoms with Crippen LogP contribution in [-0.4, -0.2) is 44.3 Å². The summed E-state index contributed by atoms with van der Waals surface area (Å²) < 4.78 is 29.8. The number of hydrogen-bond donors (Lipinski definition) is 1. The van der Waals surface area contributed by atoms with E-state index >= 15 is 0 Å². The van der Waals surface area contributed by atoms with E-state index in [1.54, 1.807) is 43.3 Å². The van der Waals surface area contributed by atoms with E-state index in [-0.39, 0.29) is 29.7 Å². The average Bonchev–Trinajstić information content (AvgIpc) is 3.03. The summed E-state index contributed by atoms with van der Waals surface area (Å²) in [5.41, 5.74) is 4.07. The third-order valence-corrected chi connectivity index (χ3v) is 10.3. The number of nitrogens with one attached hydrogen (secondary N) is 1. The lowest BCUT2D eigenvalue weighted by Crippen LogP contribution is -2.54. The molecule has 0 radical (unpaired) electrons. The second-order valence-corrected chi connectivity index (χ2v) is 14.9. The van der Waals surface area contributed by atoms with Crippen LogP contribution in [0, 0.1) is 26.7 Å². The highest BCUT2D eigenvalue weighted by Crippen LogP contribution is 2.31. The first-order valence-electron chi connectivity index (χ1n) is 15.5. The van der Waals surface area contributed by atoms with E-state index < -0.39 is 28.5 Å². The van der Waals surface area contributed by atoms with Gasteiger partial charge in [-0.25, -0.2) is 8.42 Å². The highest BCUT2D eigenvalue weighted by molar-refractivity contribution is 7.92. The number of anilines is 1. The second kappa shape index (κ2) is 15.8. The van der Waals surface area contributed by atoms with Gasteiger partial charge in [0.15, 0.2) is 0 Å². The molecule has 1 atom stereocenters. The monoisotopic (exact) mass is 693 g/mol. The zero-order valence-corrected chi connectivity index (χ0v) is 29.7. The Bertz CT molecular complexity index is 1790. The summed E-state index contributed by atoms with van der Waals surface area (Å²) in [6, 6.07) is 25.4. The van der Waals surface area contributed by atoms with Gasteiger partial charge in [-0.15, -0.1) is 0 Å². The summed E-state index contributed by atoms with van der Waals surface area (Å²) in [4.78, 5) is 30.1. The van der Waals surface area contributed by atoms with Gasteiger partial charge in [0.05, 0.1) is 10.6 Å². The van der Waals surface area contributed by atoms with E-state index in [0.717, 1.165) is 21.0 Å². The first-order chi connectivity index (χ1) is 22.3. The van der Waals surface area contributed by atoms with Crippen LogP contribution in [0.4, 0.5) is 5.69 Å². The van der Waals surface area contributed by atoms with E-state index in [0.29, 0.717) is 33.4 Å². The average molecular weight is 695 g/mol. The van der Waals surface area contributed by atoms with Gasteiger partial charge in [0, 0.05) is 35.1 Å². The molecular weight excluding hydrogens is 653 g/mol. The Balaban J connectivity index is 1.86. The summed E-state index contributed by atoms with van der Waals surface area (Å²) in [6.45, 7) is 9.22. The number of sulfonamides is 1. The number of hydrogen-bond acceptors (Lipinski definition) is 4. The van der Waals surface area contributed by atoms with Crippen molar-refractivity contribution in [3.8, 4) is 0 Å². The van der Waals surface area contributed by atoms with E-state index in [1.165, 1.54) is 17.0 Å². The molecular formula is C37H41Cl2N3O4S. The van der Waals surface area contributed by atoms with E-state index in [9.17, 15) is 18.0 Å². The van der Waals surface area contributed by atoms with Gasteiger partial charge in [-0.2, -0.15) is 0 Å². The SMILES string of the molecule is Cc1ccc(S(=O)(=O)N(CC(=O)N(Cc2c(Cl)cccc2Cl)[C@H](Cc2ccccc2)C(=O)NCC(C)C)c2cc(C)ccc2C)cc1. The molecule has 7 nitrogen and oxygen atoms in total. The predicted molar refractivity (Wildman–Crippen MR) is 190 cm³/mol. The van der Waals surface area contributed by atoms with Gasteiger partial charge in [-0.1, -0.05) is 103 Å². The number of carbonyl (C=O) groups is 2. The molecule has 10 heteroatoms. The van der Waals surface area contributed by atoms with Crippen molar-refractivity contribution >= 4 is 50.7 Å². The van der Waals surface area contributed by atoms with Crippen molar-refractivity contribution in [1.29, 1.82) is 0 Å². The number of rotatable bonds is 13. The normalized spacial score (nSPS) is 12.1. The Hall–Kier alpha value is -3.85. The maximum absolute atomic E-state index is 14.7. The molecule has 0 bridgehead atoms. The van der Waals surface area contributed by atoms with Crippen molar-refractivity contribution in [3.05, 3.63) is 129 Å². The van der Waals surface area contributed by atoms with Gasteiger partial charge in [0.25, 0.3) is 10.0 Å². The number of aryl methyl sites for hydroxylation is 3. The van der Waals surface area contributed by atoms with Crippen LogP contribution in [-0.2, 0) is 32.6 Å². The van der Waals surface area contributed by atoms with E-state index in [1.807, 2.05) is 70.2 Å². The molecule has 0 heterocycles. The Morgan fingerprint density at radius 3 is 2.04 bits per heavy atom. The molecule has 0 aliphatic rings. The Morgan fingerprint density at radius 1 is 0.809 bits per heavy atom. The van der Waals surface area contributed by atoms with Gasteiger partial charge in [0.2, 0.25) is 11.8 Å². The van der Waals surface area contributed by atoms with Crippen LogP contribution in [0.25, 0.3) is 0 Å². The standard InChI is InChI=1S/C37H41Cl2N3O4S/c1-25(2)22-40-37(44)35(21-29-10-7-6-8-11-29)41(23-31-32(38)12-9-13-33(31)39)36(43)24-42(34-20-27(4)14-17-28(34)5)47(45,46)30-18-15-26(3)16-19-30/h6-20,25,35H,21-24H2,1-5H3,(H,40,44)/t35-/m1/s1. The molecule has 4 rings (SSSR count). The van der Waals surface area contributed by atoms with Crippen LogP contribution in [0.15, 0.2) is 95.9 Å². The molecule has 4 aromatic carbocycles. The van der Waals surface area contributed by atoms with Crippen molar-refractivity contribution < 1.29 is 18.0 Å². The van der Waals surface area contributed by atoms with Crippen molar-refractivity contribution in [1.82, 2.24) is 10.2 Å². The minimum Gasteiger partial charge on any atom is -0.354 e. The fraction of sp³-hybridized carbons (Fsp3) is 0.297. The highest BCUT2D eigenvalue weighted by atomic mass is 35.5. The third kappa shape index (κ3) is 9.15. The van der Waals surface area contributed by atoms with Crippen LogP contribution in [0.2, 0.25) is 10.0 Å². The van der Waals surface area contributed by atoms with Gasteiger partial charge in [-0.3, -0.25) is 13.9 Å². The predicted octanol–water partition coefficient (Wildman–Crippen LogP) is 7.53. The van der Waals surface area contributed by atoms with Gasteiger partial charge in [-0.05, 0) is 73.7 Å². The topological polar surface area (TPSA) is 86.8 Å². The molecule has 47 heavy (non-hydrogen) atoms. The molecule has 0 aliphatic carbocycles. The molecule has 0 saturated carbocycles. The fourth-order valence-electron chi connectivity index (χ4n) is 5.17. The molecule has 248 valence electrons. The summed E-state index contributed by atoms with van der Waals surface area (Å²) >= 11 is 13.2. The molecule has 0 spiro atoms. The Labute approximate surface area is 288 Å². The maximum atomic E-state index is 14.7. The van der Waals surface area contributed by atoms with Crippen LogP contribution in [0.5, 0.6) is 0 Å². The molecule has 0 aromatic heterocycles. The fourth-order valence-corrected chi connectivity index (χ4v) is 7.16. The summed E-state index contributed by atoms with van der Waals surface area (Å²) in [7, 11) is -4.22. The van der Waals surface area contributed by atoms with Gasteiger partial charge >= 0.3 is 0 Å². The summed E-state index contributed by atoms with van der Waals surface area (Å²) in [6.07, 6.45) is 0.187. The lowest BCUT2D eigenvalue weighted by Gasteiger charge is -2.34. The minimum atomic E-state index is -4.22. The molecule has 0 saturated heterocycles. The third-order valence-electron chi connectivity index (χ3n) is 7.87. The van der Waals surface area contributed by atoms with Crippen LogP contribution >= 0.6 is 23.2 Å². The lowest BCUT2D eigenvalue weighted by atomic mass is 10.0. The zero-order valence-electron chi connectivity index (χ0n) is 27.3. The zero-order chi connectivity index (χ0) is 34.3. The van der Waals surface area contributed by atoms with Crippen LogP contribution < -0.4 is 9.62 Å². The van der Waals surface area contributed by atoms with Crippen LogP contribution in [0.1, 0.15) is 41.7 Å². The van der Waals surface area contributed by atoms with Crippen LogP contribution in [0.3, 0.4) is 0 Å². The quantitative estimate of drug-likeness (QED) is 0.157. The molecule has 1 N–H and O–H groups in total. The number of benzene rings is 4. The Kier molecular flexibility index (Phi) is 12.1. The van der Waals surface area contributed by atoms with Gasteiger partial charge < -0.3 is 10.2 Å². The number of amides is 2. The van der Waals surface area contributed by atoms with Gasteiger partial charge in [0.1, 0.15) is 12.6 Å².